The molecule has 1 aliphatic carbocycles. The molecular formula is C13H20N2OS. The molecule has 1 amide bonds. The van der Waals surface area contributed by atoms with Gasteiger partial charge in [0.25, 0.3) is 0 Å². The van der Waals surface area contributed by atoms with Crippen LogP contribution in [0.25, 0.3) is 0 Å². The van der Waals surface area contributed by atoms with Gasteiger partial charge in [0.05, 0.1) is 0 Å². The van der Waals surface area contributed by atoms with Crippen LogP contribution in [-0.2, 0) is 11.2 Å². The van der Waals surface area contributed by atoms with Gasteiger partial charge in [0, 0.05) is 17.3 Å². The number of carbonyl (C=O) groups is 1. The van der Waals surface area contributed by atoms with Crippen molar-refractivity contribution < 1.29 is 4.79 Å². The lowest BCUT2D eigenvalue weighted by molar-refractivity contribution is -0.125. The van der Waals surface area contributed by atoms with Gasteiger partial charge in [0.15, 0.2) is 0 Å². The number of nitrogens with two attached hydrogens (primary N) is 1. The van der Waals surface area contributed by atoms with E-state index in [0.717, 1.165) is 32.2 Å². The minimum absolute atomic E-state index is 0.156. The van der Waals surface area contributed by atoms with Gasteiger partial charge < -0.3 is 11.1 Å². The molecule has 2 unspecified atom stereocenters. The number of hydrogen-bond acceptors (Lipinski definition) is 3. The van der Waals surface area contributed by atoms with E-state index in [0.29, 0.717) is 12.5 Å². The first-order valence-corrected chi connectivity index (χ1v) is 7.19. The van der Waals surface area contributed by atoms with Gasteiger partial charge >= 0.3 is 0 Å². The van der Waals surface area contributed by atoms with Gasteiger partial charge in [-0.2, -0.15) is 0 Å². The summed E-state index contributed by atoms with van der Waals surface area (Å²) in [4.78, 5) is 13.3. The summed E-state index contributed by atoms with van der Waals surface area (Å²) in [5.41, 5.74) is 5.69. The minimum Gasteiger partial charge on any atom is -0.355 e. The lowest BCUT2D eigenvalue weighted by Crippen LogP contribution is -2.36. The fourth-order valence-electron chi connectivity index (χ4n) is 2.56. The smallest absolute Gasteiger partial charge is 0.223 e. The molecule has 1 aromatic heterocycles. The number of carbonyl (C=O) groups excluding carboxylic acids is 1. The van der Waals surface area contributed by atoms with Crippen molar-refractivity contribution in [3.8, 4) is 0 Å². The second-order valence-electron chi connectivity index (χ2n) is 4.65. The average molecular weight is 252 g/mol. The van der Waals surface area contributed by atoms with Crippen molar-refractivity contribution in [2.24, 2.45) is 17.6 Å². The van der Waals surface area contributed by atoms with E-state index in [9.17, 15) is 4.79 Å². The zero-order valence-electron chi connectivity index (χ0n) is 10.0. The Hall–Kier alpha value is -0.870. The van der Waals surface area contributed by atoms with E-state index in [4.69, 9.17) is 5.73 Å². The molecule has 2 rings (SSSR count). The van der Waals surface area contributed by atoms with Gasteiger partial charge in [-0.25, -0.2) is 0 Å². The van der Waals surface area contributed by atoms with Gasteiger partial charge in [-0.3, -0.25) is 4.79 Å². The monoisotopic (exact) mass is 252 g/mol. The highest BCUT2D eigenvalue weighted by atomic mass is 32.1. The van der Waals surface area contributed by atoms with Crippen LogP contribution >= 0.6 is 11.3 Å². The lowest BCUT2D eigenvalue weighted by atomic mass is 9.95. The van der Waals surface area contributed by atoms with Crippen molar-refractivity contribution in [2.45, 2.75) is 25.7 Å². The van der Waals surface area contributed by atoms with Crippen LogP contribution in [0.3, 0.4) is 0 Å². The zero-order chi connectivity index (χ0) is 12.1. The van der Waals surface area contributed by atoms with E-state index >= 15 is 0 Å². The highest BCUT2D eigenvalue weighted by Crippen LogP contribution is 2.30. The van der Waals surface area contributed by atoms with Gasteiger partial charge in [-0.1, -0.05) is 12.5 Å². The van der Waals surface area contributed by atoms with Gasteiger partial charge in [0.2, 0.25) is 5.91 Å². The Morgan fingerprint density at radius 3 is 3.12 bits per heavy atom. The first-order valence-electron chi connectivity index (χ1n) is 6.31. The Bertz CT molecular complexity index is 350. The minimum atomic E-state index is 0.156. The average Bonchev–Trinajstić information content (AvgIpc) is 2.99. The molecule has 17 heavy (non-hydrogen) atoms. The van der Waals surface area contributed by atoms with E-state index in [1.54, 1.807) is 11.3 Å². The fourth-order valence-corrected chi connectivity index (χ4v) is 3.27. The topological polar surface area (TPSA) is 55.1 Å². The molecule has 1 fully saturated rings. The van der Waals surface area contributed by atoms with Crippen LogP contribution in [0.1, 0.15) is 24.1 Å². The molecule has 3 nitrogen and oxygen atoms in total. The van der Waals surface area contributed by atoms with Crippen LogP contribution in [0.5, 0.6) is 0 Å². The number of hydrogen-bond donors (Lipinski definition) is 2. The summed E-state index contributed by atoms with van der Waals surface area (Å²) in [5, 5.41) is 5.11. The summed E-state index contributed by atoms with van der Waals surface area (Å²) < 4.78 is 0. The highest BCUT2D eigenvalue weighted by Gasteiger charge is 2.31. The van der Waals surface area contributed by atoms with Crippen molar-refractivity contribution in [1.29, 1.82) is 0 Å². The molecular weight excluding hydrogens is 232 g/mol. The van der Waals surface area contributed by atoms with Crippen molar-refractivity contribution in [3.63, 3.8) is 0 Å². The first kappa shape index (κ1) is 12.6. The molecule has 1 saturated carbocycles. The van der Waals surface area contributed by atoms with Crippen LogP contribution in [0.4, 0.5) is 0 Å². The summed E-state index contributed by atoms with van der Waals surface area (Å²) in [6, 6.07) is 4.15. The Kier molecular flexibility index (Phi) is 4.57. The number of thiophene rings is 1. The Labute approximate surface area is 106 Å². The molecule has 0 saturated heterocycles. The molecule has 0 bridgehead atoms. The van der Waals surface area contributed by atoms with E-state index < -0.39 is 0 Å². The summed E-state index contributed by atoms with van der Waals surface area (Å²) >= 11 is 1.74. The van der Waals surface area contributed by atoms with E-state index in [1.165, 1.54) is 4.88 Å². The molecule has 0 aromatic carbocycles. The van der Waals surface area contributed by atoms with Gasteiger partial charge in [-0.05, 0) is 43.2 Å². The van der Waals surface area contributed by atoms with Crippen LogP contribution in [-0.4, -0.2) is 19.0 Å². The van der Waals surface area contributed by atoms with E-state index in [-0.39, 0.29) is 11.8 Å². The SMILES string of the molecule is NCC1CCCC1C(=O)NCCc1cccs1. The first-order chi connectivity index (χ1) is 8.31. The summed E-state index contributed by atoms with van der Waals surface area (Å²) in [6.07, 6.45) is 4.19. The predicted octanol–water partition coefficient (Wildman–Crippen LogP) is 1.78. The normalized spacial score (nSPS) is 23.8. The standard InChI is InChI=1S/C13H20N2OS/c14-9-10-3-1-5-12(10)13(16)15-7-6-11-4-2-8-17-11/h2,4,8,10,12H,1,3,5-7,9,14H2,(H,15,16). The zero-order valence-corrected chi connectivity index (χ0v) is 10.8. The van der Waals surface area contributed by atoms with Crippen molar-refractivity contribution in [2.75, 3.05) is 13.1 Å². The highest BCUT2D eigenvalue weighted by molar-refractivity contribution is 7.09. The largest absolute Gasteiger partial charge is 0.355 e. The third-order valence-electron chi connectivity index (χ3n) is 3.55. The second-order valence-corrected chi connectivity index (χ2v) is 5.69. The van der Waals surface area contributed by atoms with E-state index in [1.807, 2.05) is 6.07 Å². The van der Waals surface area contributed by atoms with Crippen molar-refractivity contribution in [1.82, 2.24) is 5.32 Å². The molecule has 0 aliphatic heterocycles. The third kappa shape index (κ3) is 3.30. The fraction of sp³-hybridized carbons (Fsp3) is 0.615. The van der Waals surface area contributed by atoms with E-state index in [2.05, 4.69) is 16.8 Å². The molecule has 94 valence electrons. The third-order valence-corrected chi connectivity index (χ3v) is 4.49. The van der Waals surface area contributed by atoms with Crippen LogP contribution in [0.15, 0.2) is 17.5 Å². The second kappa shape index (κ2) is 6.17. The maximum Gasteiger partial charge on any atom is 0.223 e. The molecule has 1 aromatic rings. The molecule has 4 heteroatoms. The van der Waals surface area contributed by atoms with Crippen molar-refractivity contribution >= 4 is 17.2 Å². The number of nitrogens with one attached hydrogen (secondary N) is 1. The number of amides is 1. The van der Waals surface area contributed by atoms with Gasteiger partial charge in [0.1, 0.15) is 0 Å². The lowest BCUT2D eigenvalue weighted by Gasteiger charge is -2.17. The van der Waals surface area contributed by atoms with Crippen LogP contribution < -0.4 is 11.1 Å². The molecule has 0 spiro atoms. The summed E-state index contributed by atoms with van der Waals surface area (Å²) in [5.74, 6) is 0.759. The van der Waals surface area contributed by atoms with Crippen molar-refractivity contribution in [3.05, 3.63) is 22.4 Å². The number of rotatable bonds is 5. The van der Waals surface area contributed by atoms with Crippen LogP contribution in [0, 0.1) is 11.8 Å². The Balaban J connectivity index is 1.73. The Morgan fingerprint density at radius 1 is 1.53 bits per heavy atom. The molecule has 1 aliphatic rings. The molecule has 1 heterocycles. The molecule has 3 N–H and O–H groups in total. The van der Waals surface area contributed by atoms with Crippen LogP contribution in [0.2, 0.25) is 0 Å². The predicted molar refractivity (Wildman–Crippen MR) is 70.9 cm³/mol. The van der Waals surface area contributed by atoms with Gasteiger partial charge in [-0.15, -0.1) is 11.3 Å². The quantitative estimate of drug-likeness (QED) is 0.839. The Morgan fingerprint density at radius 2 is 2.41 bits per heavy atom. The summed E-state index contributed by atoms with van der Waals surface area (Å²) in [6.45, 7) is 1.39. The summed E-state index contributed by atoms with van der Waals surface area (Å²) in [7, 11) is 0. The molecule has 0 radical (unpaired) electrons. The maximum absolute atomic E-state index is 12.0. The molecule has 2 atom stereocenters. The maximum atomic E-state index is 12.0.